The van der Waals surface area contributed by atoms with Crippen LogP contribution < -0.4 is 5.32 Å². The molecule has 1 aromatic heterocycles. The Morgan fingerprint density at radius 3 is 2.95 bits per heavy atom. The average molecular weight is 265 g/mol. The molecule has 0 unspecified atom stereocenters. The fourth-order valence-electron chi connectivity index (χ4n) is 2.36. The smallest absolute Gasteiger partial charge is 0.314 e. The monoisotopic (exact) mass is 265 g/mol. The van der Waals surface area contributed by atoms with Crippen LogP contribution in [0.15, 0.2) is 12.3 Å². The largest absolute Gasteiger partial charge is 0.376 e. The Balaban J connectivity index is 1.85. The van der Waals surface area contributed by atoms with Crippen LogP contribution in [0.2, 0.25) is 0 Å². The van der Waals surface area contributed by atoms with Gasteiger partial charge in [0.2, 0.25) is 5.82 Å². The molecule has 104 valence electrons. The van der Waals surface area contributed by atoms with Crippen LogP contribution in [0.25, 0.3) is 0 Å². The highest BCUT2D eigenvalue weighted by atomic mass is 16.6. The van der Waals surface area contributed by atoms with Crippen LogP contribution >= 0.6 is 0 Å². The van der Waals surface area contributed by atoms with E-state index in [0.29, 0.717) is 30.6 Å². The molecule has 1 fully saturated rings. The van der Waals surface area contributed by atoms with E-state index in [1.807, 2.05) is 0 Å². The highest BCUT2D eigenvalue weighted by Gasteiger charge is 2.18. The second kappa shape index (κ2) is 6.47. The van der Waals surface area contributed by atoms with Gasteiger partial charge < -0.3 is 10.1 Å². The lowest BCUT2D eigenvalue weighted by molar-refractivity contribution is -0.384. The number of aryl methyl sites for hydroxylation is 1. The van der Waals surface area contributed by atoms with Crippen LogP contribution in [0.5, 0.6) is 0 Å². The maximum absolute atomic E-state index is 11.0. The number of nitro groups is 1. The molecule has 0 aliphatic heterocycles. The minimum absolute atomic E-state index is 0.0448. The predicted octanol–water partition coefficient (Wildman–Crippen LogP) is 2.67. The molecule has 0 bridgehead atoms. The van der Waals surface area contributed by atoms with Crippen LogP contribution in [0.3, 0.4) is 0 Å². The summed E-state index contributed by atoms with van der Waals surface area (Å²) < 4.78 is 5.70. The van der Waals surface area contributed by atoms with Gasteiger partial charge in [-0.05, 0) is 25.8 Å². The first-order chi connectivity index (χ1) is 9.18. The zero-order valence-corrected chi connectivity index (χ0v) is 11.1. The third kappa shape index (κ3) is 3.64. The number of rotatable bonds is 6. The molecule has 6 nitrogen and oxygen atoms in total. The zero-order chi connectivity index (χ0) is 13.7. The minimum Gasteiger partial charge on any atom is -0.376 e. The van der Waals surface area contributed by atoms with Gasteiger partial charge in [-0.15, -0.1) is 0 Å². The van der Waals surface area contributed by atoms with E-state index in [2.05, 4.69) is 10.3 Å². The van der Waals surface area contributed by atoms with Crippen molar-refractivity contribution in [3.05, 3.63) is 27.9 Å². The summed E-state index contributed by atoms with van der Waals surface area (Å²) in [4.78, 5) is 14.6. The van der Waals surface area contributed by atoms with Crippen molar-refractivity contribution >= 4 is 11.5 Å². The van der Waals surface area contributed by atoms with E-state index in [9.17, 15) is 10.1 Å². The van der Waals surface area contributed by atoms with E-state index in [-0.39, 0.29) is 5.69 Å². The van der Waals surface area contributed by atoms with E-state index >= 15 is 0 Å². The third-order valence-electron chi connectivity index (χ3n) is 3.36. The van der Waals surface area contributed by atoms with Gasteiger partial charge in [-0.1, -0.05) is 12.8 Å². The third-order valence-corrected chi connectivity index (χ3v) is 3.36. The highest BCUT2D eigenvalue weighted by molar-refractivity contribution is 5.59. The highest BCUT2D eigenvalue weighted by Crippen LogP contribution is 2.25. The van der Waals surface area contributed by atoms with E-state index in [0.717, 1.165) is 12.8 Å². The van der Waals surface area contributed by atoms with Gasteiger partial charge in [0.05, 0.1) is 17.6 Å². The molecule has 1 aromatic rings. The molecule has 19 heavy (non-hydrogen) atoms. The first-order valence-electron chi connectivity index (χ1n) is 6.64. The number of aromatic nitrogens is 1. The van der Waals surface area contributed by atoms with E-state index in [4.69, 9.17) is 4.74 Å². The van der Waals surface area contributed by atoms with Crippen molar-refractivity contribution in [3.63, 3.8) is 0 Å². The van der Waals surface area contributed by atoms with Gasteiger partial charge >= 0.3 is 5.69 Å². The summed E-state index contributed by atoms with van der Waals surface area (Å²) in [7, 11) is 0. The van der Waals surface area contributed by atoms with E-state index in [1.165, 1.54) is 12.8 Å². The number of hydrogen-bond acceptors (Lipinski definition) is 5. The summed E-state index contributed by atoms with van der Waals surface area (Å²) in [5, 5.41) is 14.0. The Morgan fingerprint density at radius 2 is 2.26 bits per heavy atom. The zero-order valence-electron chi connectivity index (χ0n) is 11.1. The van der Waals surface area contributed by atoms with Crippen molar-refractivity contribution in [2.24, 2.45) is 0 Å². The molecule has 2 rings (SSSR count). The average Bonchev–Trinajstić information content (AvgIpc) is 2.87. The van der Waals surface area contributed by atoms with Gasteiger partial charge in [-0.2, -0.15) is 0 Å². The molecule has 1 saturated carbocycles. The Hall–Kier alpha value is -1.69. The molecule has 1 heterocycles. The summed E-state index contributed by atoms with van der Waals surface area (Å²) in [5.74, 6) is 0.319. The van der Waals surface area contributed by atoms with Crippen LogP contribution in [0, 0.1) is 17.0 Å². The number of ether oxygens (including phenoxy) is 1. The molecular weight excluding hydrogens is 246 g/mol. The summed E-state index contributed by atoms with van der Waals surface area (Å²) >= 11 is 0. The predicted molar refractivity (Wildman–Crippen MR) is 72.3 cm³/mol. The maximum atomic E-state index is 11.0. The van der Waals surface area contributed by atoms with Crippen molar-refractivity contribution in [3.8, 4) is 0 Å². The fourth-order valence-corrected chi connectivity index (χ4v) is 2.36. The molecule has 6 heteroatoms. The van der Waals surface area contributed by atoms with Crippen molar-refractivity contribution in [2.45, 2.75) is 38.7 Å². The van der Waals surface area contributed by atoms with Gasteiger partial charge in [-0.25, -0.2) is 4.98 Å². The van der Waals surface area contributed by atoms with Crippen molar-refractivity contribution in [2.75, 3.05) is 18.5 Å². The molecule has 0 saturated heterocycles. The summed E-state index contributed by atoms with van der Waals surface area (Å²) in [6, 6.07) is 1.64. The van der Waals surface area contributed by atoms with Crippen LogP contribution in [0.1, 0.15) is 31.2 Å². The molecule has 1 aliphatic carbocycles. The summed E-state index contributed by atoms with van der Waals surface area (Å²) in [6.45, 7) is 2.80. The molecule has 0 atom stereocenters. The Morgan fingerprint density at radius 1 is 1.53 bits per heavy atom. The quantitative estimate of drug-likeness (QED) is 0.486. The van der Waals surface area contributed by atoms with Crippen LogP contribution in [0.4, 0.5) is 11.5 Å². The fraction of sp³-hybridized carbons (Fsp3) is 0.615. The van der Waals surface area contributed by atoms with Gasteiger partial charge in [0.1, 0.15) is 0 Å². The lowest BCUT2D eigenvalue weighted by atomic mass is 10.2. The van der Waals surface area contributed by atoms with Gasteiger partial charge in [0, 0.05) is 18.3 Å². The molecule has 1 N–H and O–H groups in total. The first kappa shape index (κ1) is 13.7. The normalized spacial score (nSPS) is 15.6. The lowest BCUT2D eigenvalue weighted by Gasteiger charge is -2.12. The molecule has 0 spiro atoms. The number of anilines is 1. The summed E-state index contributed by atoms with van der Waals surface area (Å²) in [6.07, 6.45) is 6.67. The van der Waals surface area contributed by atoms with E-state index in [1.54, 1.807) is 19.2 Å². The topological polar surface area (TPSA) is 77.3 Å². The summed E-state index contributed by atoms with van der Waals surface area (Å²) in [5.41, 5.74) is 0.655. The Kier molecular flexibility index (Phi) is 4.68. The van der Waals surface area contributed by atoms with Gasteiger partial charge in [0.25, 0.3) is 0 Å². The Labute approximate surface area is 112 Å². The number of pyridine rings is 1. The molecular formula is C13H19N3O3. The standard InChI is InChI=1S/C13H19N3O3/c1-10-6-7-14-13(12(10)16(17)18)15-8-9-19-11-4-2-3-5-11/h6-7,11H,2-5,8-9H2,1H3,(H,14,15). The molecule has 0 aromatic carbocycles. The second-order valence-corrected chi connectivity index (χ2v) is 4.79. The van der Waals surface area contributed by atoms with Crippen LogP contribution in [-0.2, 0) is 4.74 Å². The van der Waals surface area contributed by atoms with E-state index < -0.39 is 4.92 Å². The van der Waals surface area contributed by atoms with Crippen molar-refractivity contribution < 1.29 is 9.66 Å². The molecule has 0 amide bonds. The van der Waals surface area contributed by atoms with Gasteiger partial charge in [0.15, 0.2) is 0 Å². The molecule has 1 aliphatic rings. The van der Waals surface area contributed by atoms with Crippen molar-refractivity contribution in [1.82, 2.24) is 4.98 Å². The minimum atomic E-state index is -0.400. The lowest BCUT2D eigenvalue weighted by Crippen LogP contribution is -2.16. The number of hydrogen-bond donors (Lipinski definition) is 1. The SMILES string of the molecule is Cc1ccnc(NCCOC2CCCC2)c1[N+](=O)[O-]. The van der Waals surface area contributed by atoms with Crippen LogP contribution in [-0.4, -0.2) is 29.2 Å². The second-order valence-electron chi connectivity index (χ2n) is 4.79. The van der Waals surface area contributed by atoms with Crippen molar-refractivity contribution in [1.29, 1.82) is 0 Å². The first-order valence-corrected chi connectivity index (χ1v) is 6.64. The van der Waals surface area contributed by atoms with Gasteiger partial charge in [-0.3, -0.25) is 10.1 Å². The Bertz CT molecular complexity index is 445. The number of nitrogens with one attached hydrogen (secondary N) is 1. The number of nitrogens with zero attached hydrogens (tertiary/aromatic N) is 2. The maximum Gasteiger partial charge on any atom is 0.314 e. The molecule has 0 radical (unpaired) electrons.